The molecule has 0 bridgehead atoms. The van der Waals surface area contributed by atoms with Crippen LogP contribution in [-0.2, 0) is 31.5 Å². The van der Waals surface area contributed by atoms with Crippen molar-refractivity contribution in [3.63, 3.8) is 0 Å². The standard InChI is InChI=1S/C35H27Cl3F6N6O6/c1-47(28-18(36)6-8-22(45-28)34(39,40)41)49-30(52)15-5-4-14-16(25(15)32(49)54)12-17-26(24(14)13-10-20(38)27(51)21(11-13)56-3)33(55)50(31(17)53)48(2)29-19(37)7-9-23(46-29)35(42,43)44/h4,6-11,15-17,24-26,51H,5,12H2,1-3H3. The Balaban J connectivity index is 1.32. The highest BCUT2D eigenvalue weighted by Crippen LogP contribution is 2.59. The fraction of sp³-hybridized carbons (Fsp3) is 0.371. The quantitative estimate of drug-likeness (QED) is 0.158. The minimum absolute atomic E-state index is 0.0679. The van der Waals surface area contributed by atoms with Gasteiger partial charge in [0.2, 0.25) is 0 Å². The third kappa shape index (κ3) is 6.16. The predicted molar refractivity (Wildman–Crippen MR) is 186 cm³/mol. The van der Waals surface area contributed by atoms with E-state index in [4.69, 9.17) is 39.5 Å². The van der Waals surface area contributed by atoms with Crippen molar-refractivity contribution in [1.29, 1.82) is 0 Å². The summed E-state index contributed by atoms with van der Waals surface area (Å²) in [5, 5.41) is 12.7. The number of allylic oxidation sites excluding steroid dienone is 2. The first-order valence-corrected chi connectivity index (χ1v) is 17.8. The van der Waals surface area contributed by atoms with Crippen LogP contribution in [0.15, 0.2) is 48.0 Å². The number of phenolic OH excluding ortho intramolecular Hbond substituents is 1. The zero-order valence-electron chi connectivity index (χ0n) is 29.0. The average Bonchev–Trinajstić information content (AvgIpc) is 3.54. The van der Waals surface area contributed by atoms with Crippen molar-refractivity contribution in [1.82, 2.24) is 20.0 Å². The van der Waals surface area contributed by atoms with Gasteiger partial charge in [-0.05, 0) is 60.7 Å². The minimum atomic E-state index is -4.90. The Hall–Kier alpha value is -4.81. The summed E-state index contributed by atoms with van der Waals surface area (Å²) in [6, 6.07) is 5.85. The number of hydrogen-bond donors (Lipinski definition) is 1. The molecule has 3 aromatic rings. The van der Waals surface area contributed by atoms with Gasteiger partial charge in [-0.2, -0.15) is 36.4 Å². The van der Waals surface area contributed by atoms with Gasteiger partial charge in [-0.3, -0.25) is 29.2 Å². The number of ether oxygens (including phenoxy) is 1. The number of phenols is 1. The highest BCUT2D eigenvalue weighted by Gasteiger charge is 2.63. The molecule has 2 saturated heterocycles. The van der Waals surface area contributed by atoms with E-state index in [1.54, 1.807) is 6.08 Å². The van der Waals surface area contributed by atoms with Crippen molar-refractivity contribution >= 4 is 70.1 Å². The summed E-state index contributed by atoms with van der Waals surface area (Å²) < 4.78 is 87.1. The second kappa shape index (κ2) is 13.7. The lowest BCUT2D eigenvalue weighted by Gasteiger charge is -2.44. The minimum Gasteiger partial charge on any atom is -0.503 e. The molecule has 2 aliphatic carbocycles. The Kier molecular flexibility index (Phi) is 9.64. The molecule has 4 aliphatic rings. The molecule has 4 heterocycles. The average molecular weight is 848 g/mol. The smallest absolute Gasteiger partial charge is 0.433 e. The van der Waals surface area contributed by atoms with Crippen molar-refractivity contribution in [2.75, 3.05) is 31.2 Å². The topological polar surface area (TPSA) is 136 Å². The summed E-state index contributed by atoms with van der Waals surface area (Å²) in [7, 11) is 3.54. The highest BCUT2D eigenvalue weighted by atomic mass is 35.5. The number of hydrogen-bond acceptors (Lipinski definition) is 10. The number of aromatic nitrogens is 2. The number of fused-ring (bicyclic) bond motifs is 4. The van der Waals surface area contributed by atoms with E-state index < -0.39 is 100 Å². The van der Waals surface area contributed by atoms with E-state index in [9.17, 15) is 50.6 Å². The Morgan fingerprint density at radius 2 is 1.23 bits per heavy atom. The third-order valence-corrected chi connectivity index (χ3v) is 11.6. The van der Waals surface area contributed by atoms with Crippen LogP contribution in [0.3, 0.4) is 0 Å². The van der Waals surface area contributed by atoms with Crippen LogP contribution in [0.1, 0.15) is 35.7 Å². The molecule has 1 saturated carbocycles. The number of pyridine rings is 2. The molecule has 21 heteroatoms. The lowest BCUT2D eigenvalue weighted by molar-refractivity contribution is -0.143. The van der Waals surface area contributed by atoms with Gasteiger partial charge in [0, 0.05) is 20.0 Å². The van der Waals surface area contributed by atoms with Gasteiger partial charge in [0.25, 0.3) is 23.6 Å². The summed E-state index contributed by atoms with van der Waals surface area (Å²) in [4.78, 5) is 64.4. The molecule has 1 aromatic carbocycles. The summed E-state index contributed by atoms with van der Waals surface area (Å²) in [5.41, 5.74) is -1.96. The molecule has 1 N–H and O–H groups in total. The summed E-state index contributed by atoms with van der Waals surface area (Å²) in [6.07, 6.45) is -8.39. The molecule has 296 valence electrons. The second-order valence-electron chi connectivity index (χ2n) is 13.6. The molecule has 0 spiro atoms. The third-order valence-electron chi connectivity index (χ3n) is 10.7. The number of anilines is 2. The number of hydrazine groups is 2. The fourth-order valence-corrected chi connectivity index (χ4v) is 8.95. The largest absolute Gasteiger partial charge is 0.503 e. The lowest BCUT2D eigenvalue weighted by atomic mass is 9.57. The van der Waals surface area contributed by atoms with E-state index in [-0.39, 0.29) is 39.2 Å². The number of carbonyl (C=O) groups is 4. The van der Waals surface area contributed by atoms with Crippen molar-refractivity contribution < 1.29 is 55.4 Å². The van der Waals surface area contributed by atoms with E-state index in [1.165, 1.54) is 19.2 Å². The van der Waals surface area contributed by atoms with Crippen molar-refractivity contribution in [2.24, 2.45) is 29.6 Å². The molecular formula is C35H27Cl3F6N6O6. The fourth-order valence-electron chi connectivity index (χ4n) is 8.27. The number of benzene rings is 1. The molecule has 2 aliphatic heterocycles. The predicted octanol–water partition coefficient (Wildman–Crippen LogP) is 6.93. The number of alkyl halides is 6. The summed E-state index contributed by atoms with van der Waals surface area (Å²) in [6.45, 7) is 0. The van der Waals surface area contributed by atoms with E-state index in [0.717, 1.165) is 36.2 Å². The molecule has 0 radical (unpaired) electrons. The number of carbonyl (C=O) groups excluding carboxylic acids is 4. The molecular weight excluding hydrogens is 821 g/mol. The maximum absolute atomic E-state index is 14.5. The van der Waals surface area contributed by atoms with Gasteiger partial charge < -0.3 is 9.84 Å². The zero-order chi connectivity index (χ0) is 40.9. The van der Waals surface area contributed by atoms with Gasteiger partial charge >= 0.3 is 12.4 Å². The summed E-state index contributed by atoms with van der Waals surface area (Å²) in [5.74, 6) is -11.7. The van der Waals surface area contributed by atoms with Crippen LogP contribution in [0.4, 0.5) is 38.0 Å². The number of amides is 4. The first kappa shape index (κ1) is 39.4. The molecule has 12 nitrogen and oxygen atoms in total. The zero-order valence-corrected chi connectivity index (χ0v) is 31.3. The van der Waals surface area contributed by atoms with Crippen LogP contribution < -0.4 is 14.8 Å². The van der Waals surface area contributed by atoms with E-state index in [1.807, 2.05) is 0 Å². The van der Waals surface area contributed by atoms with Gasteiger partial charge in [0.15, 0.2) is 23.1 Å². The second-order valence-corrected chi connectivity index (χ2v) is 14.8. The van der Waals surface area contributed by atoms with Crippen LogP contribution in [0.2, 0.25) is 15.1 Å². The van der Waals surface area contributed by atoms with Gasteiger partial charge in [-0.15, -0.1) is 0 Å². The van der Waals surface area contributed by atoms with Crippen LogP contribution in [-0.4, -0.2) is 69.9 Å². The van der Waals surface area contributed by atoms with Crippen LogP contribution in [0, 0.1) is 29.6 Å². The van der Waals surface area contributed by atoms with Gasteiger partial charge in [-0.1, -0.05) is 46.5 Å². The Morgan fingerprint density at radius 3 is 1.73 bits per heavy atom. The van der Waals surface area contributed by atoms with Crippen LogP contribution in [0.5, 0.6) is 11.5 Å². The van der Waals surface area contributed by atoms with E-state index >= 15 is 0 Å². The van der Waals surface area contributed by atoms with Crippen molar-refractivity contribution in [3.05, 3.63) is 80.1 Å². The first-order chi connectivity index (χ1) is 26.2. The highest BCUT2D eigenvalue weighted by molar-refractivity contribution is 6.33. The number of imide groups is 2. The Labute approximate surface area is 328 Å². The maximum atomic E-state index is 14.5. The normalized spacial score (nSPS) is 24.9. The van der Waals surface area contributed by atoms with Crippen molar-refractivity contribution in [3.8, 4) is 11.5 Å². The molecule has 2 aromatic heterocycles. The van der Waals surface area contributed by atoms with E-state index in [2.05, 4.69) is 9.97 Å². The van der Waals surface area contributed by atoms with Gasteiger partial charge in [0.1, 0.15) is 11.4 Å². The SMILES string of the molecule is COc1cc(C2C3=CCC4C(=O)N(N(C)c5nc(C(F)(F)F)ccc5Cl)C(=O)C4C3CC3C(=O)N(N(C)c4nc(C(F)(F)F)ccc4Cl)C(=O)C32)cc(Cl)c1O. The maximum Gasteiger partial charge on any atom is 0.433 e. The molecule has 7 rings (SSSR count). The molecule has 4 amide bonds. The van der Waals surface area contributed by atoms with E-state index in [0.29, 0.717) is 27.7 Å². The Morgan fingerprint density at radius 1 is 0.732 bits per heavy atom. The molecule has 56 heavy (non-hydrogen) atoms. The molecule has 6 atom stereocenters. The lowest BCUT2D eigenvalue weighted by Crippen LogP contribution is -2.46. The van der Waals surface area contributed by atoms with Gasteiger partial charge in [-0.25, -0.2) is 9.97 Å². The number of nitrogens with zero attached hydrogens (tertiary/aromatic N) is 6. The van der Waals surface area contributed by atoms with Crippen molar-refractivity contribution in [2.45, 2.75) is 31.1 Å². The van der Waals surface area contributed by atoms with Crippen LogP contribution >= 0.6 is 34.8 Å². The van der Waals surface area contributed by atoms with Gasteiger partial charge in [0.05, 0.1) is 45.8 Å². The van der Waals surface area contributed by atoms with Crippen LogP contribution in [0.25, 0.3) is 0 Å². The monoisotopic (exact) mass is 846 g/mol. The number of methoxy groups -OCH3 is 1. The number of rotatable bonds is 6. The molecule has 3 fully saturated rings. The number of halogens is 9. The molecule has 6 unspecified atom stereocenters. The first-order valence-electron chi connectivity index (χ1n) is 16.6. The number of aromatic hydroxyl groups is 1. The summed E-state index contributed by atoms with van der Waals surface area (Å²) >= 11 is 18.8. The Bertz CT molecular complexity index is 2240.